The lowest BCUT2D eigenvalue weighted by atomic mass is 10.2. The minimum atomic E-state index is 0.926. The van der Waals surface area contributed by atoms with Crippen molar-refractivity contribution in [3.8, 4) is 23.7 Å². The van der Waals surface area contributed by atoms with Gasteiger partial charge in [-0.2, -0.15) is 0 Å². The van der Waals surface area contributed by atoms with Gasteiger partial charge in [0, 0.05) is 16.5 Å². The fourth-order valence-electron chi connectivity index (χ4n) is 0.868. The smallest absolute Gasteiger partial charge is 0.0256 e. The van der Waals surface area contributed by atoms with Gasteiger partial charge in [-0.1, -0.05) is 34.7 Å². The maximum atomic E-state index is 3.37. The standard InChI is InChI=1S/C13H11Br/c1-2-3-4-5-6-7-12-8-10-13(14)11-9-12/h8-11H,2-3H2,1H3. The molecular weight excluding hydrogens is 236 g/mol. The molecule has 0 saturated heterocycles. The summed E-state index contributed by atoms with van der Waals surface area (Å²) in [7, 11) is 0. The van der Waals surface area contributed by atoms with Crippen LogP contribution in [0.1, 0.15) is 25.3 Å². The van der Waals surface area contributed by atoms with E-state index in [1.54, 1.807) is 0 Å². The average molecular weight is 247 g/mol. The molecule has 0 unspecified atom stereocenters. The molecule has 0 aliphatic carbocycles. The quantitative estimate of drug-likeness (QED) is 0.665. The van der Waals surface area contributed by atoms with Gasteiger partial charge < -0.3 is 0 Å². The Morgan fingerprint density at radius 1 is 1.14 bits per heavy atom. The Morgan fingerprint density at radius 3 is 2.50 bits per heavy atom. The summed E-state index contributed by atoms with van der Waals surface area (Å²) in [5, 5.41) is 0. The van der Waals surface area contributed by atoms with Gasteiger partial charge in [0.15, 0.2) is 0 Å². The van der Waals surface area contributed by atoms with Crippen LogP contribution < -0.4 is 0 Å². The van der Waals surface area contributed by atoms with E-state index in [4.69, 9.17) is 0 Å². The first-order valence-corrected chi connectivity index (χ1v) is 5.36. The third kappa shape index (κ3) is 4.17. The summed E-state index contributed by atoms with van der Waals surface area (Å²) >= 11 is 3.37. The number of rotatable bonds is 1. The molecule has 0 amide bonds. The average Bonchev–Trinajstić information content (AvgIpc) is 2.21. The molecule has 0 fully saturated rings. The molecular formula is C13H11Br. The first-order chi connectivity index (χ1) is 6.83. The Labute approximate surface area is 93.9 Å². The van der Waals surface area contributed by atoms with Gasteiger partial charge >= 0.3 is 0 Å². The van der Waals surface area contributed by atoms with Crippen LogP contribution in [0.5, 0.6) is 0 Å². The molecule has 0 aliphatic heterocycles. The highest BCUT2D eigenvalue weighted by Gasteiger charge is 1.85. The first kappa shape index (κ1) is 10.9. The fraction of sp³-hybridized carbons (Fsp3) is 0.231. The third-order valence-electron chi connectivity index (χ3n) is 1.58. The van der Waals surface area contributed by atoms with E-state index >= 15 is 0 Å². The highest BCUT2D eigenvalue weighted by Crippen LogP contribution is 2.09. The highest BCUT2D eigenvalue weighted by molar-refractivity contribution is 9.10. The largest absolute Gasteiger partial charge is 0.0891 e. The molecule has 0 nitrogen and oxygen atoms in total. The lowest BCUT2D eigenvalue weighted by molar-refractivity contribution is 0.983. The van der Waals surface area contributed by atoms with Crippen molar-refractivity contribution in [1.82, 2.24) is 0 Å². The van der Waals surface area contributed by atoms with Crippen molar-refractivity contribution in [1.29, 1.82) is 0 Å². The van der Waals surface area contributed by atoms with Crippen molar-refractivity contribution in [2.24, 2.45) is 0 Å². The van der Waals surface area contributed by atoms with E-state index in [0.717, 1.165) is 22.9 Å². The van der Waals surface area contributed by atoms with Crippen LogP contribution in [0.25, 0.3) is 0 Å². The van der Waals surface area contributed by atoms with Crippen LogP contribution in [-0.4, -0.2) is 0 Å². The monoisotopic (exact) mass is 246 g/mol. The molecule has 1 aromatic carbocycles. The summed E-state index contributed by atoms with van der Waals surface area (Å²) in [6, 6.07) is 7.89. The van der Waals surface area contributed by atoms with Crippen molar-refractivity contribution in [2.75, 3.05) is 0 Å². The van der Waals surface area contributed by atoms with Crippen LogP contribution in [0, 0.1) is 23.7 Å². The number of unbranched alkanes of at least 4 members (excludes halogenated alkanes) is 1. The van der Waals surface area contributed by atoms with E-state index in [2.05, 4.69) is 46.5 Å². The Kier molecular flexibility index (Phi) is 4.90. The lowest BCUT2D eigenvalue weighted by Gasteiger charge is -1.88. The number of benzene rings is 1. The van der Waals surface area contributed by atoms with Crippen LogP contribution >= 0.6 is 15.9 Å². The molecule has 1 rings (SSSR count). The zero-order chi connectivity index (χ0) is 10.2. The number of halogens is 1. The van der Waals surface area contributed by atoms with E-state index in [0.29, 0.717) is 0 Å². The molecule has 0 atom stereocenters. The Balaban J connectivity index is 2.61. The van der Waals surface area contributed by atoms with Crippen molar-refractivity contribution >= 4 is 15.9 Å². The Bertz CT molecular complexity index is 393. The van der Waals surface area contributed by atoms with Crippen molar-refractivity contribution < 1.29 is 0 Å². The van der Waals surface area contributed by atoms with Crippen LogP contribution in [0.2, 0.25) is 0 Å². The van der Waals surface area contributed by atoms with Gasteiger partial charge in [-0.25, -0.2) is 0 Å². The molecule has 0 saturated carbocycles. The lowest BCUT2D eigenvalue weighted by Crippen LogP contribution is -1.71. The van der Waals surface area contributed by atoms with Gasteiger partial charge in [-0.05, 0) is 42.5 Å². The molecule has 0 radical (unpaired) electrons. The van der Waals surface area contributed by atoms with Crippen LogP contribution in [-0.2, 0) is 0 Å². The number of hydrogen-bond acceptors (Lipinski definition) is 0. The second-order valence-electron chi connectivity index (χ2n) is 2.81. The van der Waals surface area contributed by atoms with E-state index in [-0.39, 0.29) is 0 Å². The molecule has 0 aromatic heterocycles. The van der Waals surface area contributed by atoms with E-state index in [9.17, 15) is 0 Å². The van der Waals surface area contributed by atoms with Gasteiger partial charge in [-0.15, -0.1) is 0 Å². The second kappa shape index (κ2) is 6.30. The highest BCUT2D eigenvalue weighted by atomic mass is 79.9. The summed E-state index contributed by atoms with van der Waals surface area (Å²) in [5.41, 5.74) is 0.999. The summed E-state index contributed by atoms with van der Waals surface area (Å²) in [6.07, 6.45) is 2.02. The molecule has 1 heteroatoms. The minimum Gasteiger partial charge on any atom is -0.0891 e. The Morgan fingerprint density at radius 2 is 1.86 bits per heavy atom. The first-order valence-electron chi connectivity index (χ1n) is 4.57. The topological polar surface area (TPSA) is 0 Å². The summed E-state index contributed by atoms with van der Waals surface area (Å²) < 4.78 is 1.07. The van der Waals surface area contributed by atoms with Gasteiger partial charge in [0.2, 0.25) is 0 Å². The molecule has 1 aromatic rings. The Hall–Kier alpha value is -1.18. The zero-order valence-electron chi connectivity index (χ0n) is 8.10. The molecule has 0 spiro atoms. The van der Waals surface area contributed by atoms with Gasteiger partial charge in [-0.3, -0.25) is 0 Å². The van der Waals surface area contributed by atoms with Gasteiger partial charge in [0.05, 0.1) is 0 Å². The predicted octanol–water partition coefficient (Wildman–Crippen LogP) is 3.60. The summed E-state index contributed by atoms with van der Waals surface area (Å²) in [5.74, 6) is 11.6. The molecule has 14 heavy (non-hydrogen) atoms. The normalized spacial score (nSPS) is 8.14. The molecule has 0 aliphatic rings. The zero-order valence-corrected chi connectivity index (χ0v) is 9.69. The summed E-state index contributed by atoms with van der Waals surface area (Å²) in [6.45, 7) is 2.11. The summed E-state index contributed by atoms with van der Waals surface area (Å²) in [4.78, 5) is 0. The molecule has 70 valence electrons. The molecule has 0 heterocycles. The van der Waals surface area contributed by atoms with E-state index in [1.807, 2.05) is 24.3 Å². The fourth-order valence-corrected chi connectivity index (χ4v) is 1.13. The second-order valence-corrected chi connectivity index (χ2v) is 3.72. The van der Waals surface area contributed by atoms with Crippen LogP contribution in [0.4, 0.5) is 0 Å². The predicted molar refractivity (Wildman–Crippen MR) is 63.7 cm³/mol. The van der Waals surface area contributed by atoms with Crippen molar-refractivity contribution in [2.45, 2.75) is 19.8 Å². The van der Waals surface area contributed by atoms with Crippen LogP contribution in [0.3, 0.4) is 0 Å². The molecule has 0 bridgehead atoms. The van der Waals surface area contributed by atoms with Crippen LogP contribution in [0.15, 0.2) is 28.7 Å². The maximum absolute atomic E-state index is 3.37. The molecule has 0 N–H and O–H groups in total. The van der Waals surface area contributed by atoms with Gasteiger partial charge in [0.1, 0.15) is 0 Å². The minimum absolute atomic E-state index is 0.926. The van der Waals surface area contributed by atoms with Crippen molar-refractivity contribution in [3.05, 3.63) is 34.3 Å². The SMILES string of the molecule is CCCC#CC#Cc1ccc(Br)cc1. The number of hydrogen-bond donors (Lipinski definition) is 0. The van der Waals surface area contributed by atoms with E-state index in [1.165, 1.54) is 0 Å². The van der Waals surface area contributed by atoms with Crippen molar-refractivity contribution in [3.63, 3.8) is 0 Å². The van der Waals surface area contributed by atoms with E-state index < -0.39 is 0 Å². The van der Waals surface area contributed by atoms with Gasteiger partial charge in [0.25, 0.3) is 0 Å². The maximum Gasteiger partial charge on any atom is 0.0256 e. The third-order valence-corrected chi connectivity index (χ3v) is 2.11.